The number of carbonyl (C=O) groups excluding carboxylic acids is 1. The van der Waals surface area contributed by atoms with Crippen molar-refractivity contribution in [2.75, 3.05) is 19.0 Å². The van der Waals surface area contributed by atoms with Crippen LogP contribution < -0.4 is 4.90 Å². The molecule has 0 aliphatic heterocycles. The standard InChI is InChI=1S/C11H15ClN2OS/c1-7(2)8(6-15)5-9-10(12)13-11(16-9)14(3)4/h5-7H,1-4H3. The van der Waals surface area contributed by atoms with Crippen molar-refractivity contribution >= 4 is 40.4 Å². The second-order valence-corrected chi connectivity index (χ2v) is 5.33. The van der Waals surface area contributed by atoms with Gasteiger partial charge in [0.15, 0.2) is 5.13 Å². The number of hydrogen-bond donors (Lipinski definition) is 0. The van der Waals surface area contributed by atoms with Crippen molar-refractivity contribution in [1.82, 2.24) is 4.98 Å². The summed E-state index contributed by atoms with van der Waals surface area (Å²) in [6, 6.07) is 0. The van der Waals surface area contributed by atoms with Gasteiger partial charge in [-0.05, 0) is 17.6 Å². The van der Waals surface area contributed by atoms with Gasteiger partial charge in [0.25, 0.3) is 0 Å². The Balaban J connectivity index is 3.09. The van der Waals surface area contributed by atoms with Crippen LogP contribution in [-0.2, 0) is 4.79 Å². The molecule has 0 bridgehead atoms. The average molecular weight is 259 g/mol. The predicted molar refractivity (Wildman–Crippen MR) is 70.3 cm³/mol. The largest absolute Gasteiger partial charge is 0.354 e. The Hall–Kier alpha value is -0.870. The molecule has 88 valence electrons. The van der Waals surface area contributed by atoms with Crippen molar-refractivity contribution in [2.45, 2.75) is 13.8 Å². The first-order valence-electron chi connectivity index (χ1n) is 4.96. The first-order chi connectivity index (χ1) is 7.45. The quantitative estimate of drug-likeness (QED) is 0.615. The lowest BCUT2D eigenvalue weighted by atomic mass is 10.0. The van der Waals surface area contributed by atoms with Crippen molar-refractivity contribution in [3.05, 3.63) is 15.6 Å². The molecule has 3 nitrogen and oxygen atoms in total. The highest BCUT2D eigenvalue weighted by Gasteiger charge is 2.10. The van der Waals surface area contributed by atoms with E-state index < -0.39 is 0 Å². The van der Waals surface area contributed by atoms with Crippen LogP contribution in [0.2, 0.25) is 5.15 Å². The van der Waals surface area contributed by atoms with Crippen molar-refractivity contribution in [3.63, 3.8) is 0 Å². The van der Waals surface area contributed by atoms with Crippen molar-refractivity contribution in [2.24, 2.45) is 5.92 Å². The lowest BCUT2D eigenvalue weighted by Gasteiger charge is -2.05. The van der Waals surface area contributed by atoms with E-state index in [0.29, 0.717) is 5.15 Å². The van der Waals surface area contributed by atoms with Gasteiger partial charge in [-0.3, -0.25) is 4.79 Å². The molecule has 0 N–H and O–H groups in total. The van der Waals surface area contributed by atoms with Crippen LogP contribution in [0.1, 0.15) is 18.7 Å². The smallest absolute Gasteiger partial charge is 0.186 e. The van der Waals surface area contributed by atoms with Gasteiger partial charge in [-0.25, -0.2) is 4.98 Å². The lowest BCUT2D eigenvalue weighted by molar-refractivity contribution is -0.105. The van der Waals surface area contributed by atoms with Gasteiger partial charge in [0.1, 0.15) is 11.4 Å². The number of nitrogens with zero attached hydrogens (tertiary/aromatic N) is 2. The Bertz CT molecular complexity index is 410. The number of aldehydes is 1. The summed E-state index contributed by atoms with van der Waals surface area (Å²) in [6.45, 7) is 3.95. The molecule has 0 aliphatic carbocycles. The molecule has 0 saturated heterocycles. The average Bonchev–Trinajstić information content (AvgIpc) is 2.56. The molecule has 0 fully saturated rings. The number of halogens is 1. The number of hydrogen-bond acceptors (Lipinski definition) is 4. The molecule has 1 aromatic heterocycles. The van der Waals surface area contributed by atoms with Crippen LogP contribution in [0.15, 0.2) is 5.57 Å². The van der Waals surface area contributed by atoms with E-state index in [-0.39, 0.29) is 5.92 Å². The van der Waals surface area contributed by atoms with Crippen LogP contribution in [0, 0.1) is 5.92 Å². The van der Waals surface area contributed by atoms with Gasteiger partial charge in [0.2, 0.25) is 0 Å². The van der Waals surface area contributed by atoms with E-state index >= 15 is 0 Å². The van der Waals surface area contributed by atoms with Crippen molar-refractivity contribution < 1.29 is 4.79 Å². The van der Waals surface area contributed by atoms with Crippen LogP contribution in [0.5, 0.6) is 0 Å². The van der Waals surface area contributed by atoms with Crippen LogP contribution in [-0.4, -0.2) is 25.4 Å². The molecule has 0 radical (unpaired) electrons. The minimum Gasteiger partial charge on any atom is -0.354 e. The Morgan fingerprint density at radius 3 is 2.50 bits per heavy atom. The van der Waals surface area contributed by atoms with Crippen LogP contribution in [0.4, 0.5) is 5.13 Å². The third kappa shape index (κ3) is 3.06. The Kier molecular flexibility index (Phi) is 4.50. The van der Waals surface area contributed by atoms with E-state index in [1.54, 1.807) is 0 Å². The summed E-state index contributed by atoms with van der Waals surface area (Å²) in [4.78, 5) is 17.8. The zero-order chi connectivity index (χ0) is 12.3. The molecule has 0 amide bonds. The Morgan fingerprint density at radius 2 is 2.12 bits per heavy atom. The molecule has 0 unspecified atom stereocenters. The number of thiazole rings is 1. The van der Waals surface area contributed by atoms with Crippen molar-refractivity contribution in [3.8, 4) is 0 Å². The maximum atomic E-state index is 10.9. The fourth-order valence-electron chi connectivity index (χ4n) is 1.07. The first kappa shape index (κ1) is 13.2. The Labute approximate surface area is 105 Å². The maximum Gasteiger partial charge on any atom is 0.186 e. The molecule has 0 saturated carbocycles. The lowest BCUT2D eigenvalue weighted by Crippen LogP contribution is -2.07. The summed E-state index contributed by atoms with van der Waals surface area (Å²) in [6.07, 6.45) is 2.68. The minimum atomic E-state index is 0.193. The van der Waals surface area contributed by atoms with Gasteiger partial charge in [-0.2, -0.15) is 0 Å². The molecule has 0 aliphatic rings. The van der Waals surface area contributed by atoms with Crippen LogP contribution in [0.25, 0.3) is 6.08 Å². The molecule has 1 heterocycles. The summed E-state index contributed by atoms with van der Waals surface area (Å²) in [5, 5.41) is 1.29. The molecular weight excluding hydrogens is 244 g/mol. The topological polar surface area (TPSA) is 33.2 Å². The molecule has 16 heavy (non-hydrogen) atoms. The summed E-state index contributed by atoms with van der Waals surface area (Å²) < 4.78 is 0. The molecule has 0 atom stereocenters. The third-order valence-corrected chi connectivity index (χ3v) is 3.65. The molecule has 1 rings (SSSR count). The fraction of sp³-hybridized carbons (Fsp3) is 0.455. The van der Waals surface area contributed by atoms with E-state index in [1.165, 1.54) is 11.3 Å². The van der Waals surface area contributed by atoms with E-state index in [9.17, 15) is 4.79 Å². The fourth-order valence-corrected chi connectivity index (χ4v) is 2.21. The van der Waals surface area contributed by atoms with Gasteiger partial charge in [-0.15, -0.1) is 0 Å². The first-order valence-corrected chi connectivity index (χ1v) is 6.15. The number of rotatable bonds is 4. The molecular formula is C11H15ClN2OS. The highest BCUT2D eigenvalue weighted by molar-refractivity contribution is 7.17. The summed E-state index contributed by atoms with van der Waals surface area (Å²) in [7, 11) is 3.82. The van der Waals surface area contributed by atoms with Crippen LogP contribution in [0.3, 0.4) is 0 Å². The SMILES string of the molecule is CC(C)C(C=O)=Cc1sc(N(C)C)nc1Cl. The Morgan fingerprint density at radius 1 is 1.50 bits per heavy atom. The van der Waals surface area contributed by atoms with Gasteiger partial charge >= 0.3 is 0 Å². The third-order valence-electron chi connectivity index (χ3n) is 2.08. The zero-order valence-corrected chi connectivity index (χ0v) is 11.4. The van der Waals surface area contributed by atoms with Gasteiger partial charge in [0.05, 0.1) is 4.88 Å². The number of aromatic nitrogens is 1. The number of anilines is 1. The minimum absolute atomic E-state index is 0.193. The number of carbonyl (C=O) groups is 1. The van der Waals surface area contributed by atoms with Gasteiger partial charge in [0, 0.05) is 14.1 Å². The van der Waals surface area contributed by atoms with Gasteiger partial charge in [-0.1, -0.05) is 36.8 Å². The highest BCUT2D eigenvalue weighted by atomic mass is 35.5. The zero-order valence-electron chi connectivity index (χ0n) is 9.82. The van der Waals surface area contributed by atoms with E-state index in [2.05, 4.69) is 4.98 Å². The summed E-state index contributed by atoms with van der Waals surface area (Å²) >= 11 is 7.48. The van der Waals surface area contributed by atoms with E-state index in [1.807, 2.05) is 38.9 Å². The highest BCUT2D eigenvalue weighted by Crippen LogP contribution is 2.30. The van der Waals surface area contributed by atoms with Gasteiger partial charge < -0.3 is 4.90 Å². The maximum absolute atomic E-state index is 10.9. The molecule has 1 aromatic rings. The molecule has 5 heteroatoms. The second kappa shape index (κ2) is 5.46. The molecule has 0 spiro atoms. The number of allylic oxidation sites excluding steroid dienone is 1. The normalized spacial score (nSPS) is 12.0. The molecule has 0 aromatic carbocycles. The van der Waals surface area contributed by atoms with Crippen LogP contribution >= 0.6 is 22.9 Å². The predicted octanol–water partition coefficient (Wildman–Crippen LogP) is 3.10. The van der Waals surface area contributed by atoms with E-state index in [0.717, 1.165) is 21.9 Å². The summed E-state index contributed by atoms with van der Waals surface area (Å²) in [5.41, 5.74) is 0.732. The second-order valence-electron chi connectivity index (χ2n) is 3.96. The monoisotopic (exact) mass is 258 g/mol. The van der Waals surface area contributed by atoms with Crippen molar-refractivity contribution in [1.29, 1.82) is 0 Å². The summed E-state index contributed by atoms with van der Waals surface area (Å²) in [5.74, 6) is 0.193. The van der Waals surface area contributed by atoms with E-state index in [4.69, 9.17) is 11.6 Å².